The first-order valence-corrected chi connectivity index (χ1v) is 11.1. The van der Waals surface area contributed by atoms with Crippen LogP contribution in [0.25, 0.3) is 22.1 Å². The van der Waals surface area contributed by atoms with Crippen molar-refractivity contribution in [3.05, 3.63) is 54.1 Å². The molecule has 158 valence electrons. The summed E-state index contributed by atoms with van der Waals surface area (Å²) >= 11 is 1.29. The zero-order valence-corrected chi connectivity index (χ0v) is 18.4. The fraction of sp³-hybridized carbons (Fsp3) is 0.261. The van der Waals surface area contributed by atoms with Crippen LogP contribution in [0.3, 0.4) is 0 Å². The number of carbonyl (C=O) groups excluding carboxylic acids is 2. The molecular formula is C23H23N5O2S. The molecule has 8 heteroatoms. The van der Waals surface area contributed by atoms with E-state index in [1.54, 1.807) is 24.3 Å². The molecule has 31 heavy (non-hydrogen) atoms. The second kappa shape index (κ2) is 8.85. The van der Waals surface area contributed by atoms with Gasteiger partial charge in [-0.2, -0.15) is 0 Å². The number of aryl methyl sites for hydroxylation is 1. The van der Waals surface area contributed by atoms with Crippen molar-refractivity contribution in [2.45, 2.75) is 44.1 Å². The second-order valence-electron chi connectivity index (χ2n) is 7.17. The summed E-state index contributed by atoms with van der Waals surface area (Å²) in [7, 11) is 0. The smallest absolute Gasteiger partial charge is 0.237 e. The number of nitrogens with zero attached hydrogens (tertiary/aromatic N) is 4. The van der Waals surface area contributed by atoms with Gasteiger partial charge in [-0.3, -0.25) is 9.59 Å². The molecule has 0 aliphatic heterocycles. The van der Waals surface area contributed by atoms with Gasteiger partial charge < -0.3 is 9.88 Å². The van der Waals surface area contributed by atoms with Gasteiger partial charge in [0.25, 0.3) is 0 Å². The van der Waals surface area contributed by atoms with Crippen molar-refractivity contribution in [1.29, 1.82) is 0 Å². The molecular weight excluding hydrogens is 410 g/mol. The molecule has 1 amide bonds. The lowest BCUT2D eigenvalue weighted by Crippen LogP contribution is -2.25. The van der Waals surface area contributed by atoms with Gasteiger partial charge >= 0.3 is 0 Å². The Bertz CT molecular complexity index is 1280. The number of anilines is 1. The molecule has 1 N–H and O–H groups in total. The molecule has 0 saturated heterocycles. The van der Waals surface area contributed by atoms with Gasteiger partial charge in [-0.1, -0.05) is 49.0 Å². The van der Waals surface area contributed by atoms with Crippen LogP contribution >= 0.6 is 11.8 Å². The Morgan fingerprint density at radius 3 is 2.65 bits per heavy atom. The van der Waals surface area contributed by atoms with Crippen LogP contribution in [0, 0.1) is 0 Å². The first-order valence-electron chi connectivity index (χ1n) is 10.2. The van der Waals surface area contributed by atoms with Crippen LogP contribution in [0.1, 0.15) is 37.6 Å². The van der Waals surface area contributed by atoms with Crippen LogP contribution in [0.4, 0.5) is 5.69 Å². The van der Waals surface area contributed by atoms with Crippen LogP contribution in [0.5, 0.6) is 0 Å². The van der Waals surface area contributed by atoms with Gasteiger partial charge in [-0.25, -0.2) is 4.98 Å². The van der Waals surface area contributed by atoms with Crippen molar-refractivity contribution in [3.63, 3.8) is 0 Å². The Morgan fingerprint density at radius 2 is 1.90 bits per heavy atom. The maximum Gasteiger partial charge on any atom is 0.237 e. The van der Waals surface area contributed by atoms with E-state index in [9.17, 15) is 9.59 Å². The van der Waals surface area contributed by atoms with Crippen molar-refractivity contribution in [2.75, 3.05) is 5.32 Å². The van der Waals surface area contributed by atoms with E-state index in [2.05, 4.69) is 27.0 Å². The third kappa shape index (κ3) is 4.16. The number of aromatic nitrogens is 4. The Morgan fingerprint density at radius 1 is 1.10 bits per heavy atom. The number of benzene rings is 2. The second-order valence-corrected chi connectivity index (χ2v) is 8.34. The fourth-order valence-electron chi connectivity index (χ4n) is 3.55. The first kappa shape index (κ1) is 21.0. The molecule has 0 aliphatic carbocycles. The average Bonchev–Trinajstić information content (AvgIpc) is 3.10. The number of para-hydroxylation sites is 1. The van der Waals surface area contributed by atoms with Gasteiger partial charge in [0.1, 0.15) is 5.52 Å². The van der Waals surface area contributed by atoms with E-state index in [1.807, 2.05) is 31.2 Å². The maximum atomic E-state index is 12.9. The number of hydrogen-bond acceptors (Lipinski definition) is 6. The summed E-state index contributed by atoms with van der Waals surface area (Å²) in [5.41, 5.74) is 3.76. The molecule has 0 radical (unpaired) electrons. The standard InChI is InChI=1S/C23H23N5O2S/c1-4-19(22(30)24-16-10-8-9-15(13-16)14(3)29)31-23-25-21-20(26-27-23)17-11-6-7-12-18(17)28(21)5-2/h6-13,19H,4-5H2,1-3H3,(H,24,30)/t19-/m1/s1. The zero-order chi connectivity index (χ0) is 22.0. The summed E-state index contributed by atoms with van der Waals surface area (Å²) in [4.78, 5) is 29.2. The van der Waals surface area contributed by atoms with E-state index in [0.29, 0.717) is 22.8 Å². The van der Waals surface area contributed by atoms with Crippen molar-refractivity contribution in [3.8, 4) is 0 Å². The topological polar surface area (TPSA) is 89.8 Å². The fourth-order valence-corrected chi connectivity index (χ4v) is 4.36. The summed E-state index contributed by atoms with van der Waals surface area (Å²) < 4.78 is 2.11. The Hall–Kier alpha value is -3.26. The monoisotopic (exact) mass is 433 g/mol. The van der Waals surface area contributed by atoms with Crippen molar-refractivity contribution >= 4 is 51.2 Å². The quantitative estimate of drug-likeness (QED) is 0.335. The van der Waals surface area contributed by atoms with Gasteiger partial charge in [0.15, 0.2) is 11.4 Å². The van der Waals surface area contributed by atoms with E-state index in [4.69, 9.17) is 4.98 Å². The van der Waals surface area contributed by atoms with E-state index in [1.165, 1.54) is 18.7 Å². The highest BCUT2D eigenvalue weighted by Crippen LogP contribution is 2.29. The van der Waals surface area contributed by atoms with Crippen LogP contribution < -0.4 is 5.32 Å². The van der Waals surface area contributed by atoms with E-state index < -0.39 is 0 Å². The van der Waals surface area contributed by atoms with Crippen LogP contribution in [0.2, 0.25) is 0 Å². The third-order valence-electron chi connectivity index (χ3n) is 5.12. The minimum Gasteiger partial charge on any atom is -0.325 e. The van der Waals surface area contributed by atoms with Crippen molar-refractivity contribution in [2.24, 2.45) is 0 Å². The van der Waals surface area contributed by atoms with Crippen LogP contribution in [-0.4, -0.2) is 36.7 Å². The maximum absolute atomic E-state index is 12.9. The average molecular weight is 434 g/mol. The predicted molar refractivity (Wildman–Crippen MR) is 124 cm³/mol. The molecule has 0 aliphatic rings. The molecule has 2 aromatic carbocycles. The Balaban J connectivity index is 1.59. The molecule has 0 bridgehead atoms. The lowest BCUT2D eigenvalue weighted by Gasteiger charge is -2.14. The summed E-state index contributed by atoms with van der Waals surface area (Å²) in [6.07, 6.45) is 0.598. The summed E-state index contributed by atoms with van der Waals surface area (Å²) in [5, 5.41) is 12.7. The Labute approximate surface area is 184 Å². The van der Waals surface area contributed by atoms with Crippen molar-refractivity contribution in [1.82, 2.24) is 19.7 Å². The molecule has 0 saturated carbocycles. The summed E-state index contributed by atoms with van der Waals surface area (Å²) in [6, 6.07) is 15.0. The van der Waals surface area contributed by atoms with Gasteiger partial charge in [0.2, 0.25) is 11.1 Å². The zero-order valence-electron chi connectivity index (χ0n) is 17.6. The highest BCUT2D eigenvalue weighted by atomic mass is 32.2. The molecule has 1 atom stereocenters. The SMILES string of the molecule is CC[C@@H](Sc1nnc2c3ccccc3n(CC)c2n1)C(=O)Nc1cccc(C(C)=O)c1. The third-order valence-corrected chi connectivity index (χ3v) is 6.33. The first-order chi connectivity index (χ1) is 15.0. The van der Waals surface area contributed by atoms with E-state index in [0.717, 1.165) is 28.6 Å². The molecule has 0 spiro atoms. The molecule has 4 rings (SSSR count). The minimum atomic E-state index is -0.389. The Kier molecular flexibility index (Phi) is 5.99. The lowest BCUT2D eigenvalue weighted by atomic mass is 10.1. The number of hydrogen-bond donors (Lipinski definition) is 1. The molecule has 0 fully saturated rings. The normalized spacial score (nSPS) is 12.2. The number of ketones is 1. The van der Waals surface area contributed by atoms with E-state index in [-0.39, 0.29) is 16.9 Å². The number of nitrogens with one attached hydrogen (secondary N) is 1. The number of amides is 1. The molecule has 0 unspecified atom stereocenters. The number of Topliss-reactive ketones (excluding diaryl/α,β-unsaturated/α-hetero) is 1. The highest BCUT2D eigenvalue weighted by Gasteiger charge is 2.21. The van der Waals surface area contributed by atoms with E-state index >= 15 is 0 Å². The van der Waals surface area contributed by atoms with Crippen LogP contribution in [-0.2, 0) is 11.3 Å². The summed E-state index contributed by atoms with van der Waals surface area (Å²) in [5.74, 6) is -0.204. The van der Waals surface area contributed by atoms with Crippen LogP contribution in [0.15, 0.2) is 53.7 Å². The van der Waals surface area contributed by atoms with Gasteiger partial charge in [-0.05, 0) is 38.5 Å². The molecule has 4 aromatic rings. The summed E-state index contributed by atoms with van der Waals surface area (Å²) in [6.45, 7) is 6.27. The molecule has 2 heterocycles. The minimum absolute atomic E-state index is 0.0448. The number of carbonyl (C=O) groups is 2. The number of thioether (sulfide) groups is 1. The largest absolute Gasteiger partial charge is 0.325 e. The highest BCUT2D eigenvalue weighted by molar-refractivity contribution is 8.00. The predicted octanol–water partition coefficient (Wildman–Crippen LogP) is 4.71. The van der Waals surface area contributed by atoms with Crippen molar-refractivity contribution < 1.29 is 9.59 Å². The molecule has 7 nitrogen and oxygen atoms in total. The molecule has 2 aromatic heterocycles. The lowest BCUT2D eigenvalue weighted by molar-refractivity contribution is -0.115. The number of fused-ring (bicyclic) bond motifs is 3. The van der Waals surface area contributed by atoms with Gasteiger partial charge in [0.05, 0.1) is 10.8 Å². The van der Waals surface area contributed by atoms with Gasteiger partial charge in [0, 0.05) is 23.2 Å². The van der Waals surface area contributed by atoms with Gasteiger partial charge in [-0.15, -0.1) is 10.2 Å². The number of rotatable bonds is 7.